The fourth-order valence-corrected chi connectivity index (χ4v) is 15.0. The minimum absolute atomic E-state index is 0.0626. The molecule has 3 aliphatic heterocycles. The maximum absolute atomic E-state index is 7.36. The summed E-state index contributed by atoms with van der Waals surface area (Å²) >= 11 is 1.87. The monoisotopic (exact) mass is 922 g/mol. The quantitative estimate of drug-likeness (QED) is 0.164. The number of rotatable bonds is 3. The van der Waals surface area contributed by atoms with Crippen molar-refractivity contribution in [2.45, 2.75) is 73.1 Å². The van der Waals surface area contributed by atoms with Gasteiger partial charge < -0.3 is 27.5 Å². The number of benzene rings is 7. The Morgan fingerprint density at radius 1 is 0.614 bits per heavy atom. The highest BCUT2D eigenvalue weighted by atomic mass is 32.2. The van der Waals surface area contributed by atoms with Crippen molar-refractivity contribution in [3.63, 3.8) is 0 Å². The van der Waals surface area contributed by atoms with Crippen LogP contribution in [0, 0.1) is 0 Å². The Labute approximate surface area is 407 Å². The molecule has 0 saturated heterocycles. The van der Waals surface area contributed by atoms with Gasteiger partial charge in [0.2, 0.25) is 0 Å². The van der Waals surface area contributed by atoms with Crippen molar-refractivity contribution >= 4 is 135 Å². The summed E-state index contributed by atoms with van der Waals surface area (Å²) in [6.07, 6.45) is 21.6. The number of para-hydroxylation sites is 3. The second-order valence-corrected chi connectivity index (χ2v) is 21.7. The van der Waals surface area contributed by atoms with Crippen molar-refractivity contribution in [2.24, 2.45) is 0 Å². The molecule has 0 N–H and O–H groups in total. The highest BCUT2D eigenvalue weighted by Gasteiger charge is 2.52. The van der Waals surface area contributed by atoms with E-state index in [0.29, 0.717) is 12.3 Å². The van der Waals surface area contributed by atoms with Gasteiger partial charge in [-0.05, 0) is 115 Å². The standard InChI is InChI=1S/C62H43BN2O4S/c1-62(28-13-4-14-29-62)65-42-31-35(34-16-5-2-6-17-34)30-41-55(42)63-56-49(70-50-33-48-52(59(65)57(50)63)39-22-15-25-45-53(60(39)69-48)37-20-9-11-23-43(37)66-45)32-47-51(58(56)64(41)36-18-7-3-8-19-36)40-26-27-46-54(61(40)68-47)38-21-10-12-24-44(38)67-46/h3-4,7-15,18-24,26-28,30-34H,2,5-6,16-17,25,29H2,1H3. The van der Waals surface area contributed by atoms with Crippen LogP contribution in [0.3, 0.4) is 0 Å². The summed E-state index contributed by atoms with van der Waals surface area (Å²) < 4.78 is 27.7. The zero-order chi connectivity index (χ0) is 45.6. The lowest BCUT2D eigenvalue weighted by atomic mass is 9.32. The summed E-state index contributed by atoms with van der Waals surface area (Å²) in [7, 11) is 0. The summed E-state index contributed by atoms with van der Waals surface area (Å²) in [5.74, 6) is 2.29. The summed E-state index contributed by atoms with van der Waals surface area (Å²) in [5.41, 5.74) is 18.7. The Morgan fingerprint density at radius 2 is 1.37 bits per heavy atom. The Hall–Kier alpha value is -7.55. The first kappa shape index (κ1) is 38.3. The first-order valence-electron chi connectivity index (χ1n) is 25.1. The van der Waals surface area contributed by atoms with E-state index < -0.39 is 0 Å². The van der Waals surface area contributed by atoms with Gasteiger partial charge in [0.1, 0.15) is 45.0 Å². The number of anilines is 5. The van der Waals surface area contributed by atoms with Gasteiger partial charge in [-0.15, -0.1) is 0 Å². The molecular formula is C62H43BN2O4S. The second-order valence-electron chi connectivity index (χ2n) is 20.6. The predicted molar refractivity (Wildman–Crippen MR) is 288 cm³/mol. The molecule has 0 amide bonds. The largest absolute Gasteiger partial charge is 0.460 e. The zero-order valence-corrected chi connectivity index (χ0v) is 39.3. The van der Waals surface area contributed by atoms with Gasteiger partial charge in [0.25, 0.3) is 6.71 Å². The molecule has 1 fully saturated rings. The summed E-state index contributed by atoms with van der Waals surface area (Å²) in [6.45, 7) is 2.38. The zero-order valence-electron chi connectivity index (χ0n) is 38.5. The van der Waals surface area contributed by atoms with E-state index in [2.05, 4.69) is 162 Å². The fourth-order valence-electron chi connectivity index (χ4n) is 13.8. The molecule has 17 rings (SSSR count). The molecule has 0 spiro atoms. The van der Waals surface area contributed by atoms with E-state index in [1.807, 2.05) is 17.8 Å². The van der Waals surface area contributed by atoms with Gasteiger partial charge in [-0.2, -0.15) is 0 Å². The molecular weight excluding hydrogens is 880 g/mol. The van der Waals surface area contributed by atoms with Crippen LogP contribution in [0.5, 0.6) is 0 Å². The predicted octanol–water partition coefficient (Wildman–Crippen LogP) is 15.8. The molecule has 1 atom stereocenters. The third-order valence-corrected chi connectivity index (χ3v) is 17.8. The van der Waals surface area contributed by atoms with Crippen molar-refractivity contribution in [3.05, 3.63) is 163 Å². The van der Waals surface area contributed by atoms with Crippen LogP contribution < -0.4 is 26.2 Å². The van der Waals surface area contributed by atoms with Crippen molar-refractivity contribution in [2.75, 3.05) is 9.80 Å². The van der Waals surface area contributed by atoms with E-state index in [1.54, 1.807) is 0 Å². The van der Waals surface area contributed by atoms with Gasteiger partial charge in [0, 0.05) is 55.0 Å². The van der Waals surface area contributed by atoms with Crippen molar-refractivity contribution in [3.8, 4) is 11.3 Å². The number of nitrogens with zero attached hydrogens (tertiary/aromatic N) is 2. The number of fused-ring (bicyclic) bond motifs is 16. The first-order chi connectivity index (χ1) is 34.6. The highest BCUT2D eigenvalue weighted by molar-refractivity contribution is 8.00. The van der Waals surface area contributed by atoms with Crippen molar-refractivity contribution < 1.29 is 17.7 Å². The van der Waals surface area contributed by atoms with Crippen LogP contribution in [0.25, 0.3) is 83.2 Å². The van der Waals surface area contributed by atoms with Gasteiger partial charge in [0.05, 0.1) is 38.6 Å². The molecule has 1 unspecified atom stereocenters. The maximum Gasteiger partial charge on any atom is 0.255 e. The first-order valence-corrected chi connectivity index (χ1v) is 25.9. The van der Waals surface area contributed by atoms with Crippen LogP contribution in [0.1, 0.15) is 68.3 Å². The van der Waals surface area contributed by atoms with Crippen molar-refractivity contribution in [1.29, 1.82) is 0 Å². The molecule has 11 aromatic rings. The van der Waals surface area contributed by atoms with Gasteiger partial charge in [0.15, 0.2) is 0 Å². The van der Waals surface area contributed by atoms with Crippen molar-refractivity contribution in [1.82, 2.24) is 0 Å². The van der Waals surface area contributed by atoms with Crippen LogP contribution in [0.2, 0.25) is 0 Å². The minimum atomic E-state index is -0.390. The summed E-state index contributed by atoms with van der Waals surface area (Å²) in [6, 6.07) is 42.2. The number of hydrogen-bond donors (Lipinski definition) is 0. The third-order valence-electron chi connectivity index (χ3n) is 16.7. The average molecular weight is 923 g/mol. The lowest BCUT2D eigenvalue weighted by Crippen LogP contribution is -2.66. The molecule has 0 bridgehead atoms. The average Bonchev–Trinajstić information content (AvgIpc) is 4.14. The van der Waals surface area contributed by atoms with Gasteiger partial charge in [-0.25, -0.2) is 0 Å². The normalized spacial score (nSPS) is 18.8. The molecule has 4 aromatic heterocycles. The van der Waals surface area contributed by atoms with Gasteiger partial charge in [-0.3, -0.25) is 0 Å². The number of allylic oxidation sites excluding steroid dienone is 3. The molecule has 6 aliphatic rings. The Kier molecular flexibility index (Phi) is 7.45. The van der Waals surface area contributed by atoms with Crippen LogP contribution in [0.15, 0.2) is 173 Å². The van der Waals surface area contributed by atoms with Gasteiger partial charge >= 0.3 is 0 Å². The lowest BCUT2D eigenvalue weighted by Gasteiger charge is -2.52. The van der Waals surface area contributed by atoms with Gasteiger partial charge in [-0.1, -0.05) is 122 Å². The van der Waals surface area contributed by atoms with E-state index in [1.165, 1.54) is 92.0 Å². The van der Waals surface area contributed by atoms with E-state index in [0.717, 1.165) is 95.2 Å². The second kappa shape index (κ2) is 13.6. The molecule has 6 nitrogen and oxygen atoms in total. The maximum atomic E-state index is 7.36. The Morgan fingerprint density at radius 3 is 2.20 bits per heavy atom. The van der Waals surface area contributed by atoms with E-state index in [4.69, 9.17) is 17.7 Å². The third kappa shape index (κ3) is 4.87. The number of furan rings is 4. The van der Waals surface area contributed by atoms with Crippen LogP contribution in [-0.4, -0.2) is 12.3 Å². The summed E-state index contributed by atoms with van der Waals surface area (Å²) in [4.78, 5) is 7.83. The molecule has 1 saturated carbocycles. The molecule has 3 aliphatic carbocycles. The van der Waals surface area contributed by atoms with Crippen LogP contribution in [-0.2, 0) is 6.42 Å². The number of hydrogen-bond acceptors (Lipinski definition) is 7. The van der Waals surface area contributed by atoms with Crippen LogP contribution in [0.4, 0.5) is 28.4 Å². The van der Waals surface area contributed by atoms with E-state index >= 15 is 0 Å². The highest BCUT2D eigenvalue weighted by Crippen LogP contribution is 2.57. The Balaban J connectivity index is 1.05. The van der Waals surface area contributed by atoms with E-state index in [9.17, 15) is 0 Å². The molecule has 7 heterocycles. The topological polar surface area (TPSA) is 59.0 Å². The molecule has 7 aromatic carbocycles. The molecule has 334 valence electrons. The Bertz CT molecular complexity index is 4250. The molecule has 70 heavy (non-hydrogen) atoms. The molecule has 0 radical (unpaired) electrons. The van der Waals surface area contributed by atoms with E-state index in [-0.39, 0.29) is 12.3 Å². The molecule has 8 heteroatoms. The lowest BCUT2D eigenvalue weighted by molar-refractivity contribution is 0.443. The fraction of sp³-hybridized carbons (Fsp3) is 0.161. The smallest absolute Gasteiger partial charge is 0.255 e. The summed E-state index contributed by atoms with van der Waals surface area (Å²) in [5, 5.41) is 6.59. The van der Waals surface area contributed by atoms with Crippen LogP contribution >= 0.6 is 11.8 Å². The minimum Gasteiger partial charge on any atom is -0.460 e. The SMILES string of the molecule is CC1(N2c3cc(C4CCCCC4)cc4c3B3c5c(cc6oc7c(c6c52)C=CCc2oc5ccccc5c2-7)Sc2cc5oc6c(ccc7oc8ccccc8c76)c5c(c23)N4c2ccccc2)C=CC=CC1.